The highest BCUT2D eigenvalue weighted by Gasteiger charge is 2.05. The van der Waals surface area contributed by atoms with Gasteiger partial charge in [0.05, 0.1) is 6.61 Å². The second-order valence-electron chi connectivity index (χ2n) is 6.14. The SMILES string of the molecule is CCNC(=NCc1nnc2ccccn12)NCCCCCCC(=O)OCC.I. The van der Waals surface area contributed by atoms with E-state index in [-0.39, 0.29) is 29.9 Å². The number of halogens is 1. The van der Waals surface area contributed by atoms with Crippen LogP contribution in [0.3, 0.4) is 0 Å². The standard InChI is InChI=1S/C19H30N6O2.HI/c1-3-20-19(21-13-9-6-5-7-12-18(26)27-4-2)22-15-17-24-23-16-11-8-10-14-25(16)17;/h8,10-11,14H,3-7,9,12-13,15H2,1-2H3,(H2,20,21,22);1H. The number of esters is 1. The lowest BCUT2D eigenvalue weighted by atomic mass is 10.1. The van der Waals surface area contributed by atoms with Gasteiger partial charge in [-0.15, -0.1) is 34.2 Å². The molecule has 2 aromatic rings. The molecule has 156 valence electrons. The Hall–Kier alpha value is -1.91. The van der Waals surface area contributed by atoms with Crippen molar-refractivity contribution in [2.24, 2.45) is 4.99 Å². The van der Waals surface area contributed by atoms with E-state index in [0.29, 0.717) is 19.6 Å². The molecule has 28 heavy (non-hydrogen) atoms. The molecular formula is C19H31IN6O2. The summed E-state index contributed by atoms with van der Waals surface area (Å²) in [5, 5.41) is 14.9. The normalized spacial score (nSPS) is 11.1. The molecule has 2 aromatic heterocycles. The van der Waals surface area contributed by atoms with E-state index in [2.05, 4.69) is 25.8 Å². The van der Waals surface area contributed by atoms with E-state index in [1.807, 2.05) is 42.6 Å². The van der Waals surface area contributed by atoms with Gasteiger partial charge in [-0.25, -0.2) is 4.99 Å². The van der Waals surface area contributed by atoms with Gasteiger partial charge in [-0.05, 0) is 38.8 Å². The van der Waals surface area contributed by atoms with E-state index < -0.39 is 0 Å². The van der Waals surface area contributed by atoms with E-state index in [1.165, 1.54) is 0 Å². The number of carbonyl (C=O) groups excluding carboxylic acids is 1. The van der Waals surface area contributed by atoms with Crippen molar-refractivity contribution in [2.75, 3.05) is 19.7 Å². The Morgan fingerprint density at radius 3 is 2.75 bits per heavy atom. The number of carbonyl (C=O) groups is 1. The molecule has 0 amide bonds. The summed E-state index contributed by atoms with van der Waals surface area (Å²) < 4.78 is 6.87. The molecule has 0 radical (unpaired) electrons. The van der Waals surface area contributed by atoms with Gasteiger partial charge >= 0.3 is 5.97 Å². The number of aliphatic imine (C=N–C) groups is 1. The van der Waals surface area contributed by atoms with Gasteiger partial charge in [-0.2, -0.15) is 0 Å². The number of pyridine rings is 1. The Balaban J connectivity index is 0.00000392. The predicted octanol–water partition coefficient (Wildman–Crippen LogP) is 2.92. The lowest BCUT2D eigenvalue weighted by molar-refractivity contribution is -0.143. The number of aromatic nitrogens is 3. The Labute approximate surface area is 183 Å². The fourth-order valence-electron chi connectivity index (χ4n) is 2.68. The summed E-state index contributed by atoms with van der Waals surface area (Å²) in [6, 6.07) is 5.82. The van der Waals surface area contributed by atoms with E-state index in [9.17, 15) is 4.79 Å². The molecule has 0 saturated heterocycles. The summed E-state index contributed by atoms with van der Waals surface area (Å²) in [4.78, 5) is 15.9. The maximum absolute atomic E-state index is 11.3. The number of nitrogens with one attached hydrogen (secondary N) is 2. The summed E-state index contributed by atoms with van der Waals surface area (Å²) in [5.74, 6) is 1.48. The quantitative estimate of drug-likeness (QED) is 0.161. The summed E-state index contributed by atoms with van der Waals surface area (Å²) in [6.45, 7) is 6.43. The van der Waals surface area contributed by atoms with E-state index in [4.69, 9.17) is 4.74 Å². The summed E-state index contributed by atoms with van der Waals surface area (Å²) >= 11 is 0. The fourth-order valence-corrected chi connectivity index (χ4v) is 2.68. The molecule has 2 rings (SSSR count). The van der Waals surface area contributed by atoms with Gasteiger partial charge in [-0.3, -0.25) is 9.20 Å². The van der Waals surface area contributed by atoms with Gasteiger partial charge in [0.1, 0.15) is 6.54 Å². The Morgan fingerprint density at radius 1 is 1.14 bits per heavy atom. The zero-order chi connectivity index (χ0) is 19.3. The Bertz CT molecular complexity index is 734. The van der Waals surface area contributed by atoms with Crippen LogP contribution in [0.15, 0.2) is 29.4 Å². The molecule has 0 fully saturated rings. The fraction of sp³-hybridized carbons (Fsp3) is 0.579. The first-order valence-electron chi connectivity index (χ1n) is 9.71. The van der Waals surface area contributed by atoms with Crippen LogP contribution in [0.25, 0.3) is 5.65 Å². The molecule has 0 aliphatic carbocycles. The third-order valence-electron chi connectivity index (χ3n) is 4.01. The maximum atomic E-state index is 11.3. The number of fused-ring (bicyclic) bond motifs is 1. The van der Waals surface area contributed by atoms with Gasteiger partial charge in [0.15, 0.2) is 17.4 Å². The lowest BCUT2D eigenvalue weighted by Gasteiger charge is -2.11. The van der Waals surface area contributed by atoms with Gasteiger partial charge in [0.2, 0.25) is 0 Å². The first kappa shape index (κ1) is 24.1. The van der Waals surface area contributed by atoms with E-state index >= 15 is 0 Å². The number of nitrogens with zero attached hydrogens (tertiary/aromatic N) is 4. The molecule has 0 saturated carbocycles. The van der Waals surface area contributed by atoms with Crippen LogP contribution in [0.5, 0.6) is 0 Å². The minimum atomic E-state index is -0.0989. The highest BCUT2D eigenvalue weighted by atomic mass is 127. The topological polar surface area (TPSA) is 92.9 Å². The third-order valence-corrected chi connectivity index (χ3v) is 4.01. The molecule has 0 atom stereocenters. The van der Waals surface area contributed by atoms with Gasteiger partial charge in [0.25, 0.3) is 0 Å². The van der Waals surface area contributed by atoms with Crippen LogP contribution in [0.1, 0.15) is 51.8 Å². The smallest absolute Gasteiger partial charge is 0.305 e. The van der Waals surface area contributed by atoms with Crippen LogP contribution in [-0.4, -0.2) is 46.2 Å². The summed E-state index contributed by atoms with van der Waals surface area (Å²) in [5.41, 5.74) is 0.823. The minimum Gasteiger partial charge on any atom is -0.466 e. The second-order valence-corrected chi connectivity index (χ2v) is 6.14. The van der Waals surface area contributed by atoms with Crippen molar-refractivity contribution < 1.29 is 9.53 Å². The number of ether oxygens (including phenoxy) is 1. The van der Waals surface area contributed by atoms with Crippen molar-refractivity contribution in [3.8, 4) is 0 Å². The van der Waals surface area contributed by atoms with Crippen molar-refractivity contribution in [1.82, 2.24) is 25.2 Å². The molecular weight excluding hydrogens is 471 g/mol. The zero-order valence-electron chi connectivity index (χ0n) is 16.7. The average Bonchev–Trinajstić information content (AvgIpc) is 3.08. The first-order valence-corrected chi connectivity index (χ1v) is 9.71. The number of hydrogen-bond acceptors (Lipinski definition) is 5. The molecule has 0 unspecified atom stereocenters. The summed E-state index contributed by atoms with van der Waals surface area (Å²) in [7, 11) is 0. The third kappa shape index (κ3) is 8.41. The molecule has 0 bridgehead atoms. The Morgan fingerprint density at radius 2 is 1.96 bits per heavy atom. The minimum absolute atomic E-state index is 0. The highest BCUT2D eigenvalue weighted by Crippen LogP contribution is 2.05. The number of guanidine groups is 1. The van der Waals surface area contributed by atoms with E-state index in [1.54, 1.807) is 0 Å². The van der Waals surface area contributed by atoms with Crippen LogP contribution in [0, 0.1) is 0 Å². The average molecular weight is 502 g/mol. The van der Waals surface area contributed by atoms with E-state index in [0.717, 1.165) is 56.2 Å². The second kappa shape index (κ2) is 14.1. The number of hydrogen-bond donors (Lipinski definition) is 2. The Kier molecular flexibility index (Phi) is 12.2. The van der Waals surface area contributed by atoms with Crippen molar-refractivity contribution in [3.63, 3.8) is 0 Å². The van der Waals surface area contributed by atoms with Crippen molar-refractivity contribution >= 4 is 41.6 Å². The molecule has 8 nitrogen and oxygen atoms in total. The van der Waals surface area contributed by atoms with Crippen LogP contribution < -0.4 is 10.6 Å². The van der Waals surface area contributed by atoms with Crippen LogP contribution in [-0.2, 0) is 16.1 Å². The number of rotatable bonds is 11. The van der Waals surface area contributed by atoms with Gasteiger partial charge < -0.3 is 15.4 Å². The van der Waals surface area contributed by atoms with Gasteiger partial charge in [-0.1, -0.05) is 18.9 Å². The zero-order valence-corrected chi connectivity index (χ0v) is 19.0. The molecule has 0 spiro atoms. The van der Waals surface area contributed by atoms with Crippen LogP contribution in [0.2, 0.25) is 0 Å². The first-order chi connectivity index (χ1) is 13.2. The molecule has 0 aliphatic rings. The van der Waals surface area contributed by atoms with Crippen molar-refractivity contribution in [3.05, 3.63) is 30.2 Å². The summed E-state index contributed by atoms with van der Waals surface area (Å²) in [6.07, 6.45) is 6.46. The molecule has 9 heteroatoms. The highest BCUT2D eigenvalue weighted by molar-refractivity contribution is 14.0. The number of unbranched alkanes of at least 4 members (excludes halogenated alkanes) is 3. The van der Waals surface area contributed by atoms with Crippen LogP contribution in [0.4, 0.5) is 0 Å². The van der Waals surface area contributed by atoms with Crippen molar-refractivity contribution in [1.29, 1.82) is 0 Å². The van der Waals surface area contributed by atoms with Gasteiger partial charge in [0, 0.05) is 25.7 Å². The predicted molar refractivity (Wildman–Crippen MR) is 121 cm³/mol. The van der Waals surface area contributed by atoms with Crippen molar-refractivity contribution in [2.45, 2.75) is 52.5 Å². The molecule has 0 aliphatic heterocycles. The maximum Gasteiger partial charge on any atom is 0.305 e. The molecule has 0 aromatic carbocycles. The molecule has 2 heterocycles. The monoisotopic (exact) mass is 502 g/mol. The lowest BCUT2D eigenvalue weighted by Crippen LogP contribution is -2.37. The van der Waals surface area contributed by atoms with Crippen LogP contribution >= 0.6 is 24.0 Å². The largest absolute Gasteiger partial charge is 0.466 e. The molecule has 2 N–H and O–H groups in total.